The van der Waals surface area contributed by atoms with Gasteiger partial charge in [0.05, 0.1) is 30.7 Å². The summed E-state index contributed by atoms with van der Waals surface area (Å²) in [7, 11) is 1.95. The lowest BCUT2D eigenvalue weighted by Crippen LogP contribution is -2.26. The zero-order valence-corrected chi connectivity index (χ0v) is 20.8. The van der Waals surface area contributed by atoms with E-state index >= 15 is 0 Å². The van der Waals surface area contributed by atoms with Gasteiger partial charge in [0.2, 0.25) is 0 Å². The maximum Gasteiger partial charge on any atom is 0.414 e. The average Bonchev–Trinajstić information content (AvgIpc) is 3.36. The number of carbonyl (C=O) groups excluding carboxylic acids is 1. The molecule has 36 heavy (non-hydrogen) atoms. The molecule has 1 aromatic heterocycles. The molecule has 0 aliphatic carbocycles. The molecule has 10 heteroatoms. The first kappa shape index (κ1) is 24.1. The molecule has 1 atom stereocenters. The van der Waals surface area contributed by atoms with E-state index in [1.165, 1.54) is 4.68 Å². The van der Waals surface area contributed by atoms with Gasteiger partial charge in [-0.2, -0.15) is 9.78 Å². The summed E-state index contributed by atoms with van der Waals surface area (Å²) in [5, 5.41) is 7.69. The highest BCUT2D eigenvalue weighted by atomic mass is 35.5. The van der Waals surface area contributed by atoms with Crippen LogP contribution in [-0.2, 0) is 9.47 Å². The van der Waals surface area contributed by atoms with Crippen LogP contribution in [0, 0.1) is 5.92 Å². The molecule has 3 heterocycles. The Bertz CT molecular complexity index is 1270. The predicted octanol–water partition coefficient (Wildman–Crippen LogP) is 4.45. The van der Waals surface area contributed by atoms with Crippen LogP contribution in [0.5, 0.6) is 0 Å². The van der Waals surface area contributed by atoms with Crippen LogP contribution in [0.4, 0.5) is 27.5 Å². The molecule has 2 aliphatic rings. The smallest absolute Gasteiger partial charge is 0.414 e. The van der Waals surface area contributed by atoms with E-state index in [2.05, 4.69) is 10.4 Å². The number of rotatable bonds is 7. The fourth-order valence-electron chi connectivity index (χ4n) is 4.41. The van der Waals surface area contributed by atoms with E-state index in [9.17, 15) is 9.59 Å². The van der Waals surface area contributed by atoms with E-state index in [1.54, 1.807) is 11.1 Å². The van der Waals surface area contributed by atoms with E-state index in [1.807, 2.05) is 60.5 Å². The molecular weight excluding hydrogens is 482 g/mol. The van der Waals surface area contributed by atoms with Gasteiger partial charge in [0, 0.05) is 37.3 Å². The number of halogens is 1. The number of carbonyl (C=O) groups is 1. The monoisotopic (exact) mass is 509 g/mol. The maximum atomic E-state index is 12.9. The summed E-state index contributed by atoms with van der Waals surface area (Å²) < 4.78 is 11.8. The Morgan fingerprint density at radius 3 is 2.36 bits per heavy atom. The lowest BCUT2D eigenvalue weighted by molar-refractivity contribution is 0.0595. The molecule has 0 spiro atoms. The van der Waals surface area contributed by atoms with Crippen LogP contribution in [0.3, 0.4) is 0 Å². The molecule has 1 amide bonds. The number of amides is 1. The van der Waals surface area contributed by atoms with Crippen LogP contribution in [-0.4, -0.2) is 55.8 Å². The van der Waals surface area contributed by atoms with Gasteiger partial charge in [0.15, 0.2) is 0 Å². The lowest BCUT2D eigenvalue weighted by Gasteiger charge is -2.23. The molecular formula is C26H28ClN5O4. The van der Waals surface area contributed by atoms with Gasteiger partial charge >= 0.3 is 6.09 Å². The van der Waals surface area contributed by atoms with Crippen molar-refractivity contribution < 1.29 is 14.3 Å². The van der Waals surface area contributed by atoms with Gasteiger partial charge in [-0.15, -0.1) is 0 Å². The van der Waals surface area contributed by atoms with E-state index in [0.717, 1.165) is 36.5 Å². The normalized spacial score (nSPS) is 17.7. The summed E-state index contributed by atoms with van der Waals surface area (Å²) in [6.45, 7) is 3.18. The first-order valence-corrected chi connectivity index (χ1v) is 12.4. The van der Waals surface area contributed by atoms with Crippen LogP contribution >= 0.6 is 11.6 Å². The van der Waals surface area contributed by atoms with Gasteiger partial charge in [-0.3, -0.25) is 9.69 Å². The minimum Gasteiger partial charge on any atom is -0.447 e. The van der Waals surface area contributed by atoms with Gasteiger partial charge in [0.1, 0.15) is 11.6 Å². The summed E-state index contributed by atoms with van der Waals surface area (Å²) in [5.74, 6) is 0.398. The van der Waals surface area contributed by atoms with Crippen LogP contribution in [0.15, 0.2) is 59.5 Å². The molecule has 188 valence electrons. The van der Waals surface area contributed by atoms with Crippen molar-refractivity contribution in [2.45, 2.75) is 12.8 Å². The van der Waals surface area contributed by atoms with Crippen molar-refractivity contribution in [2.24, 2.45) is 5.92 Å². The third-order valence-electron chi connectivity index (χ3n) is 6.55. The van der Waals surface area contributed by atoms with E-state index in [4.69, 9.17) is 21.1 Å². The Kier molecular flexibility index (Phi) is 7.11. The molecule has 0 radical (unpaired) electrons. The van der Waals surface area contributed by atoms with Gasteiger partial charge in [-0.1, -0.05) is 11.6 Å². The molecule has 0 unspecified atom stereocenters. The second-order valence-corrected chi connectivity index (χ2v) is 9.29. The fourth-order valence-corrected chi connectivity index (χ4v) is 4.61. The van der Waals surface area contributed by atoms with Crippen LogP contribution in [0.1, 0.15) is 12.8 Å². The number of hydrogen-bond donors (Lipinski definition) is 1. The Morgan fingerprint density at radius 2 is 1.75 bits per heavy atom. The molecule has 5 rings (SSSR count). The first-order chi connectivity index (χ1) is 17.5. The Hall–Kier alpha value is -3.56. The zero-order chi connectivity index (χ0) is 25.1. The van der Waals surface area contributed by atoms with Gasteiger partial charge in [-0.05, 0) is 67.3 Å². The third-order valence-corrected chi connectivity index (χ3v) is 6.91. The SMILES string of the molecule is CN(c1ccc(N2CCOC2=O)cc1)c1ccc(-n2ncc(NC[C@H]3CCCOC3)c(Cl)c2=O)cc1. The summed E-state index contributed by atoms with van der Waals surface area (Å²) >= 11 is 6.39. The van der Waals surface area contributed by atoms with Gasteiger partial charge < -0.3 is 19.7 Å². The first-order valence-electron chi connectivity index (χ1n) is 12.0. The average molecular weight is 510 g/mol. The number of hydrogen-bond acceptors (Lipinski definition) is 7. The van der Waals surface area contributed by atoms with E-state index < -0.39 is 0 Å². The summed E-state index contributed by atoms with van der Waals surface area (Å²) in [6.07, 6.45) is 3.40. The molecule has 2 aliphatic heterocycles. The van der Waals surface area contributed by atoms with Crippen molar-refractivity contribution >= 4 is 40.4 Å². The topological polar surface area (TPSA) is 88.9 Å². The van der Waals surface area contributed by atoms with Gasteiger partial charge in [-0.25, -0.2) is 4.79 Å². The number of aromatic nitrogens is 2. The molecule has 2 saturated heterocycles. The number of cyclic esters (lactones) is 1. The predicted molar refractivity (Wildman–Crippen MR) is 140 cm³/mol. The van der Waals surface area contributed by atoms with Crippen LogP contribution in [0.2, 0.25) is 5.02 Å². The summed E-state index contributed by atoms with van der Waals surface area (Å²) in [6, 6.07) is 15.2. The van der Waals surface area contributed by atoms with E-state index in [-0.39, 0.29) is 16.7 Å². The minimum atomic E-state index is -0.376. The van der Waals surface area contributed by atoms with Crippen molar-refractivity contribution in [3.8, 4) is 5.69 Å². The quantitative estimate of drug-likeness (QED) is 0.503. The number of nitrogens with one attached hydrogen (secondary N) is 1. The third kappa shape index (κ3) is 5.03. The molecule has 0 bridgehead atoms. The molecule has 0 saturated carbocycles. The standard InChI is InChI=1S/C26H28ClN5O4/c1-30(19-4-8-21(9-5-19)31-12-14-36-26(31)34)20-6-10-22(11-7-20)32-25(33)24(27)23(16-29-32)28-15-18-3-2-13-35-17-18/h4-11,16,18,28H,2-3,12-15,17H2,1H3/t18-/m1/s1. The fraction of sp³-hybridized carbons (Fsp3) is 0.346. The van der Waals surface area contributed by atoms with Gasteiger partial charge in [0.25, 0.3) is 5.56 Å². The Labute approximate surface area is 214 Å². The number of ether oxygens (including phenoxy) is 2. The minimum absolute atomic E-state index is 0.116. The van der Waals surface area contributed by atoms with Crippen LogP contribution < -0.4 is 20.7 Å². The number of anilines is 4. The van der Waals surface area contributed by atoms with Crippen molar-refractivity contribution in [1.82, 2.24) is 9.78 Å². The highest BCUT2D eigenvalue weighted by molar-refractivity contribution is 6.32. The largest absolute Gasteiger partial charge is 0.447 e. The van der Waals surface area contributed by atoms with Crippen LogP contribution in [0.25, 0.3) is 5.69 Å². The van der Waals surface area contributed by atoms with Crippen molar-refractivity contribution in [1.29, 1.82) is 0 Å². The second kappa shape index (κ2) is 10.6. The lowest BCUT2D eigenvalue weighted by atomic mass is 10.0. The highest BCUT2D eigenvalue weighted by Gasteiger charge is 2.23. The number of benzene rings is 2. The van der Waals surface area contributed by atoms with Crippen molar-refractivity contribution in [3.05, 3.63) is 70.1 Å². The van der Waals surface area contributed by atoms with Crippen molar-refractivity contribution in [2.75, 3.05) is 55.1 Å². The number of nitrogens with zero attached hydrogens (tertiary/aromatic N) is 4. The molecule has 3 aromatic rings. The summed E-state index contributed by atoms with van der Waals surface area (Å²) in [4.78, 5) is 28.3. The zero-order valence-electron chi connectivity index (χ0n) is 20.0. The maximum absolute atomic E-state index is 12.9. The molecule has 1 N–H and O–H groups in total. The van der Waals surface area contributed by atoms with Crippen molar-refractivity contribution in [3.63, 3.8) is 0 Å². The summed E-state index contributed by atoms with van der Waals surface area (Å²) in [5.41, 5.74) is 3.46. The van der Waals surface area contributed by atoms with E-state index in [0.29, 0.717) is 43.6 Å². The Morgan fingerprint density at radius 1 is 1.06 bits per heavy atom. The second-order valence-electron chi connectivity index (χ2n) is 8.91. The molecule has 9 nitrogen and oxygen atoms in total. The Balaban J connectivity index is 1.27. The molecule has 2 fully saturated rings. The molecule has 2 aromatic carbocycles. The highest BCUT2D eigenvalue weighted by Crippen LogP contribution is 2.28.